The van der Waals surface area contributed by atoms with Gasteiger partial charge in [0.1, 0.15) is 5.82 Å². The summed E-state index contributed by atoms with van der Waals surface area (Å²) in [5.41, 5.74) is 1.67. The van der Waals surface area contributed by atoms with Crippen LogP contribution in [0.4, 0.5) is 4.39 Å². The van der Waals surface area contributed by atoms with Crippen molar-refractivity contribution in [1.82, 2.24) is 10.2 Å². The molecule has 0 saturated carbocycles. The third kappa shape index (κ3) is 4.39. The molecule has 0 radical (unpaired) electrons. The van der Waals surface area contributed by atoms with E-state index in [9.17, 15) is 14.0 Å². The number of carbonyl (C=O) groups excluding carboxylic acids is 2. The monoisotopic (exact) mass is 378 g/mol. The number of hydrogen-bond donors (Lipinski definition) is 1. The predicted molar refractivity (Wildman–Crippen MR) is 89.7 cm³/mol. The average Bonchev–Trinajstić information content (AvgIpc) is 2.54. The minimum Gasteiger partial charge on any atom is -0.348 e. The van der Waals surface area contributed by atoms with Crippen LogP contribution in [-0.4, -0.2) is 30.8 Å². The van der Waals surface area contributed by atoms with E-state index in [-0.39, 0.29) is 23.9 Å². The summed E-state index contributed by atoms with van der Waals surface area (Å²) in [7, 11) is 3.38. The molecular formula is C17H16BrFN2O2. The summed E-state index contributed by atoms with van der Waals surface area (Å²) < 4.78 is 13.8. The van der Waals surface area contributed by atoms with E-state index in [4.69, 9.17) is 0 Å². The topological polar surface area (TPSA) is 49.4 Å². The SMILES string of the molecule is CN(C)C(=O)c1ccc(CNC(=O)c2cc(F)ccc2Br)cc1. The summed E-state index contributed by atoms with van der Waals surface area (Å²) in [4.78, 5) is 25.4. The molecule has 2 amide bonds. The van der Waals surface area contributed by atoms with Crippen LogP contribution in [0, 0.1) is 5.82 Å². The zero-order chi connectivity index (χ0) is 17.0. The molecule has 0 saturated heterocycles. The minimum absolute atomic E-state index is 0.0794. The second-order valence-corrected chi connectivity index (χ2v) is 6.06. The Labute approximate surface area is 142 Å². The Morgan fingerprint density at radius 3 is 2.39 bits per heavy atom. The lowest BCUT2D eigenvalue weighted by atomic mass is 10.1. The van der Waals surface area contributed by atoms with Crippen molar-refractivity contribution < 1.29 is 14.0 Å². The predicted octanol–water partition coefficient (Wildman–Crippen LogP) is 3.22. The Bertz CT molecular complexity index is 730. The van der Waals surface area contributed by atoms with E-state index < -0.39 is 5.82 Å². The fraction of sp³-hybridized carbons (Fsp3) is 0.176. The molecule has 2 aromatic carbocycles. The van der Waals surface area contributed by atoms with E-state index in [2.05, 4.69) is 21.2 Å². The Morgan fingerprint density at radius 1 is 1.13 bits per heavy atom. The summed E-state index contributed by atoms with van der Waals surface area (Å²) in [6.07, 6.45) is 0. The van der Waals surface area contributed by atoms with Gasteiger partial charge in [0.15, 0.2) is 0 Å². The molecule has 0 atom stereocenters. The first kappa shape index (κ1) is 17.1. The standard InChI is InChI=1S/C17H16BrFN2O2/c1-21(2)17(23)12-5-3-11(4-6-12)10-20-16(22)14-9-13(19)7-8-15(14)18/h3-9H,10H2,1-2H3,(H,20,22). The van der Waals surface area contributed by atoms with Crippen molar-refractivity contribution in [3.05, 3.63) is 69.4 Å². The molecule has 0 fully saturated rings. The van der Waals surface area contributed by atoms with Crippen LogP contribution in [-0.2, 0) is 6.54 Å². The Hall–Kier alpha value is -2.21. The van der Waals surface area contributed by atoms with Crippen molar-refractivity contribution in [2.45, 2.75) is 6.54 Å². The van der Waals surface area contributed by atoms with E-state index in [0.717, 1.165) is 5.56 Å². The van der Waals surface area contributed by atoms with Gasteiger partial charge in [0.2, 0.25) is 0 Å². The molecule has 4 nitrogen and oxygen atoms in total. The molecule has 0 bridgehead atoms. The Morgan fingerprint density at radius 2 is 1.78 bits per heavy atom. The molecule has 0 aromatic heterocycles. The van der Waals surface area contributed by atoms with Crippen LogP contribution < -0.4 is 5.32 Å². The average molecular weight is 379 g/mol. The normalized spacial score (nSPS) is 10.3. The molecule has 120 valence electrons. The highest BCUT2D eigenvalue weighted by atomic mass is 79.9. The zero-order valence-electron chi connectivity index (χ0n) is 12.8. The van der Waals surface area contributed by atoms with Crippen molar-refractivity contribution in [1.29, 1.82) is 0 Å². The lowest BCUT2D eigenvalue weighted by Crippen LogP contribution is -2.24. The van der Waals surface area contributed by atoms with Crippen LogP contribution in [0.25, 0.3) is 0 Å². The fourth-order valence-electron chi connectivity index (χ4n) is 1.97. The number of amides is 2. The van der Waals surface area contributed by atoms with Gasteiger partial charge in [-0.15, -0.1) is 0 Å². The smallest absolute Gasteiger partial charge is 0.253 e. The molecule has 0 heterocycles. The van der Waals surface area contributed by atoms with Gasteiger partial charge in [-0.2, -0.15) is 0 Å². The second kappa shape index (κ2) is 7.37. The van der Waals surface area contributed by atoms with Crippen LogP contribution >= 0.6 is 15.9 Å². The van der Waals surface area contributed by atoms with Crippen molar-refractivity contribution in [2.75, 3.05) is 14.1 Å². The fourth-order valence-corrected chi connectivity index (χ4v) is 2.40. The highest BCUT2D eigenvalue weighted by Crippen LogP contribution is 2.18. The molecule has 23 heavy (non-hydrogen) atoms. The first-order valence-corrected chi connectivity index (χ1v) is 7.71. The summed E-state index contributed by atoms with van der Waals surface area (Å²) in [5, 5.41) is 2.72. The van der Waals surface area contributed by atoms with Gasteiger partial charge in [-0.05, 0) is 51.8 Å². The van der Waals surface area contributed by atoms with Gasteiger partial charge in [-0.3, -0.25) is 9.59 Å². The summed E-state index contributed by atoms with van der Waals surface area (Å²) >= 11 is 3.23. The summed E-state index contributed by atoms with van der Waals surface area (Å²) in [6.45, 7) is 0.290. The van der Waals surface area contributed by atoms with Gasteiger partial charge in [0, 0.05) is 30.7 Å². The number of nitrogens with zero attached hydrogens (tertiary/aromatic N) is 1. The first-order chi connectivity index (χ1) is 10.9. The number of benzene rings is 2. The maximum absolute atomic E-state index is 13.2. The van der Waals surface area contributed by atoms with Crippen molar-refractivity contribution in [3.8, 4) is 0 Å². The molecule has 1 N–H and O–H groups in total. The van der Waals surface area contributed by atoms with Crippen LogP contribution in [0.2, 0.25) is 0 Å². The van der Waals surface area contributed by atoms with Crippen molar-refractivity contribution in [3.63, 3.8) is 0 Å². The van der Waals surface area contributed by atoms with Crippen LogP contribution in [0.1, 0.15) is 26.3 Å². The third-order valence-electron chi connectivity index (χ3n) is 3.23. The largest absolute Gasteiger partial charge is 0.348 e. The van der Waals surface area contributed by atoms with Crippen molar-refractivity contribution in [2.24, 2.45) is 0 Å². The van der Waals surface area contributed by atoms with Gasteiger partial charge in [-0.25, -0.2) is 4.39 Å². The quantitative estimate of drug-likeness (QED) is 0.887. The number of halogens is 2. The molecule has 0 aliphatic rings. The summed E-state index contributed by atoms with van der Waals surface area (Å²) in [5.74, 6) is -0.918. The van der Waals surface area contributed by atoms with Gasteiger partial charge in [0.25, 0.3) is 11.8 Å². The van der Waals surface area contributed by atoms with E-state index >= 15 is 0 Å². The molecule has 6 heteroatoms. The maximum atomic E-state index is 13.2. The molecule has 2 aromatic rings. The maximum Gasteiger partial charge on any atom is 0.253 e. The first-order valence-electron chi connectivity index (χ1n) is 6.92. The van der Waals surface area contributed by atoms with Gasteiger partial charge in [-0.1, -0.05) is 12.1 Å². The molecule has 0 aliphatic carbocycles. The summed E-state index contributed by atoms with van der Waals surface area (Å²) in [6, 6.07) is 10.9. The third-order valence-corrected chi connectivity index (χ3v) is 3.92. The number of rotatable bonds is 4. The van der Waals surface area contributed by atoms with Gasteiger partial charge >= 0.3 is 0 Å². The minimum atomic E-state index is -0.468. The van der Waals surface area contributed by atoms with E-state index in [1.54, 1.807) is 38.4 Å². The number of carbonyl (C=O) groups is 2. The Kier molecular flexibility index (Phi) is 5.50. The van der Waals surface area contributed by atoms with Crippen LogP contribution in [0.3, 0.4) is 0 Å². The van der Waals surface area contributed by atoms with E-state index in [0.29, 0.717) is 10.0 Å². The Balaban J connectivity index is 2.02. The lowest BCUT2D eigenvalue weighted by Gasteiger charge is -2.11. The highest BCUT2D eigenvalue weighted by molar-refractivity contribution is 9.10. The number of nitrogens with one attached hydrogen (secondary N) is 1. The van der Waals surface area contributed by atoms with Crippen LogP contribution in [0.5, 0.6) is 0 Å². The molecular weight excluding hydrogens is 363 g/mol. The van der Waals surface area contributed by atoms with Crippen molar-refractivity contribution >= 4 is 27.7 Å². The highest BCUT2D eigenvalue weighted by Gasteiger charge is 2.11. The van der Waals surface area contributed by atoms with Gasteiger partial charge in [0.05, 0.1) is 5.56 Å². The van der Waals surface area contributed by atoms with Gasteiger partial charge < -0.3 is 10.2 Å². The van der Waals surface area contributed by atoms with Crippen LogP contribution in [0.15, 0.2) is 46.9 Å². The van der Waals surface area contributed by atoms with E-state index in [1.165, 1.54) is 23.1 Å². The second-order valence-electron chi connectivity index (χ2n) is 5.20. The molecule has 2 rings (SSSR count). The lowest BCUT2D eigenvalue weighted by molar-refractivity contribution is 0.0827. The van der Waals surface area contributed by atoms with E-state index in [1.807, 2.05) is 0 Å². The number of hydrogen-bond acceptors (Lipinski definition) is 2. The zero-order valence-corrected chi connectivity index (χ0v) is 14.4. The molecule has 0 unspecified atom stereocenters. The molecule has 0 spiro atoms. The molecule has 0 aliphatic heterocycles.